The molecule has 160 valence electrons. The van der Waals surface area contributed by atoms with Crippen LogP contribution in [0.15, 0.2) is 60.9 Å². The number of hydrogen-bond acceptors (Lipinski definition) is 5. The van der Waals surface area contributed by atoms with Crippen LogP contribution in [0.4, 0.5) is 0 Å². The number of ether oxygens (including phenoxy) is 1. The predicted molar refractivity (Wildman–Crippen MR) is 128 cm³/mol. The van der Waals surface area contributed by atoms with Crippen LogP contribution in [0.3, 0.4) is 0 Å². The minimum atomic E-state index is 0.724. The van der Waals surface area contributed by atoms with E-state index in [4.69, 9.17) is 9.72 Å². The smallest absolute Gasteiger partial charge is 0.138 e. The number of imidazole rings is 1. The Morgan fingerprint density at radius 3 is 2.31 bits per heavy atom. The minimum Gasteiger partial charge on any atom is -0.492 e. The average Bonchev–Trinajstić information content (AvgIpc) is 3.31. The molecular formula is C26H25N5O. The fourth-order valence-corrected chi connectivity index (χ4v) is 4.67. The van der Waals surface area contributed by atoms with Crippen molar-refractivity contribution in [2.75, 3.05) is 26.2 Å². The summed E-state index contributed by atoms with van der Waals surface area (Å²) in [6, 6.07) is 16.2. The molecular weight excluding hydrogens is 398 g/mol. The Hall–Kier alpha value is -3.51. The van der Waals surface area contributed by atoms with Gasteiger partial charge >= 0.3 is 0 Å². The number of fused-ring (bicyclic) bond motifs is 6. The fourth-order valence-electron chi connectivity index (χ4n) is 4.67. The lowest BCUT2D eigenvalue weighted by atomic mass is 10.1. The Kier molecular flexibility index (Phi) is 4.92. The summed E-state index contributed by atoms with van der Waals surface area (Å²) >= 11 is 0. The molecule has 3 aromatic heterocycles. The van der Waals surface area contributed by atoms with E-state index >= 15 is 0 Å². The molecule has 1 fully saturated rings. The normalized spacial score (nSPS) is 15.0. The molecule has 5 aromatic rings. The highest BCUT2D eigenvalue weighted by Crippen LogP contribution is 2.33. The summed E-state index contributed by atoms with van der Waals surface area (Å²) < 4.78 is 5.99. The molecule has 1 aliphatic heterocycles. The molecule has 0 unspecified atom stereocenters. The van der Waals surface area contributed by atoms with E-state index in [-0.39, 0.29) is 0 Å². The molecule has 0 bridgehead atoms. The van der Waals surface area contributed by atoms with Crippen molar-refractivity contribution in [2.45, 2.75) is 19.3 Å². The summed E-state index contributed by atoms with van der Waals surface area (Å²) in [5.41, 5.74) is 4.71. The number of H-pyrrole nitrogens is 1. The maximum atomic E-state index is 5.99. The van der Waals surface area contributed by atoms with Crippen molar-refractivity contribution in [2.24, 2.45) is 0 Å². The number of piperidine rings is 1. The SMILES string of the molecule is c1cnc2c(c1)c1nc(-c3ccc(OCCN4CCCCC4)cc3)[nH]c1c1cccnc12. The van der Waals surface area contributed by atoms with Crippen LogP contribution in [0.25, 0.3) is 44.2 Å². The van der Waals surface area contributed by atoms with E-state index in [1.54, 1.807) is 6.20 Å². The average molecular weight is 424 g/mol. The number of aromatic amines is 1. The van der Waals surface area contributed by atoms with Crippen LogP contribution >= 0.6 is 0 Å². The van der Waals surface area contributed by atoms with Gasteiger partial charge in [0.05, 0.1) is 22.1 Å². The van der Waals surface area contributed by atoms with Crippen LogP contribution in [-0.4, -0.2) is 51.1 Å². The summed E-state index contributed by atoms with van der Waals surface area (Å²) in [6.45, 7) is 4.11. The van der Waals surface area contributed by atoms with E-state index in [2.05, 4.69) is 44.1 Å². The van der Waals surface area contributed by atoms with Crippen LogP contribution in [0.2, 0.25) is 0 Å². The van der Waals surface area contributed by atoms with Crippen LogP contribution in [0, 0.1) is 0 Å². The molecule has 1 saturated heterocycles. The van der Waals surface area contributed by atoms with Gasteiger partial charge < -0.3 is 9.72 Å². The molecule has 0 atom stereocenters. The van der Waals surface area contributed by atoms with Crippen molar-refractivity contribution in [1.82, 2.24) is 24.8 Å². The second-order valence-corrected chi connectivity index (χ2v) is 8.38. The van der Waals surface area contributed by atoms with Crippen molar-refractivity contribution in [3.63, 3.8) is 0 Å². The highest BCUT2D eigenvalue weighted by Gasteiger charge is 2.15. The lowest BCUT2D eigenvalue weighted by molar-refractivity contribution is 0.183. The molecule has 0 saturated carbocycles. The first-order chi connectivity index (χ1) is 15.9. The number of pyridine rings is 2. The van der Waals surface area contributed by atoms with Gasteiger partial charge in [0.2, 0.25) is 0 Å². The third-order valence-corrected chi connectivity index (χ3v) is 6.32. The zero-order chi connectivity index (χ0) is 21.3. The van der Waals surface area contributed by atoms with Crippen molar-refractivity contribution in [3.05, 3.63) is 60.9 Å². The molecule has 0 amide bonds. The maximum Gasteiger partial charge on any atom is 0.138 e. The molecule has 6 heteroatoms. The Balaban J connectivity index is 1.29. The molecule has 1 aliphatic rings. The van der Waals surface area contributed by atoms with Crippen LogP contribution in [-0.2, 0) is 0 Å². The lowest BCUT2D eigenvalue weighted by Gasteiger charge is -2.26. The van der Waals surface area contributed by atoms with Gasteiger partial charge in [-0.2, -0.15) is 0 Å². The van der Waals surface area contributed by atoms with Crippen molar-refractivity contribution in [3.8, 4) is 17.1 Å². The van der Waals surface area contributed by atoms with Gasteiger partial charge in [-0.15, -0.1) is 0 Å². The fraction of sp³-hybridized carbons (Fsp3) is 0.269. The molecule has 6 rings (SSSR count). The van der Waals surface area contributed by atoms with Gasteiger partial charge in [-0.1, -0.05) is 6.42 Å². The predicted octanol–water partition coefficient (Wildman–Crippen LogP) is 5.19. The number of nitrogens with one attached hydrogen (secondary N) is 1. The highest BCUT2D eigenvalue weighted by molar-refractivity contribution is 6.20. The third kappa shape index (κ3) is 3.46. The van der Waals surface area contributed by atoms with Crippen molar-refractivity contribution >= 4 is 32.8 Å². The summed E-state index contributed by atoms with van der Waals surface area (Å²) in [6.07, 6.45) is 7.59. The van der Waals surface area contributed by atoms with Gasteiger partial charge in [0.25, 0.3) is 0 Å². The first-order valence-corrected chi connectivity index (χ1v) is 11.3. The molecule has 1 N–H and O–H groups in total. The minimum absolute atomic E-state index is 0.724. The number of hydrogen-bond donors (Lipinski definition) is 1. The number of aromatic nitrogens is 4. The van der Waals surface area contributed by atoms with E-state index in [0.29, 0.717) is 0 Å². The topological polar surface area (TPSA) is 66.9 Å². The van der Waals surface area contributed by atoms with Gasteiger partial charge in [-0.05, 0) is 74.5 Å². The Bertz CT molecular complexity index is 1310. The lowest BCUT2D eigenvalue weighted by Crippen LogP contribution is -2.33. The van der Waals surface area contributed by atoms with Gasteiger partial charge in [0, 0.05) is 35.3 Å². The van der Waals surface area contributed by atoms with Crippen LogP contribution < -0.4 is 4.74 Å². The summed E-state index contributed by atoms with van der Waals surface area (Å²) in [4.78, 5) is 20.1. The van der Waals surface area contributed by atoms with Crippen molar-refractivity contribution in [1.29, 1.82) is 0 Å². The van der Waals surface area contributed by atoms with Gasteiger partial charge in [0.1, 0.15) is 18.2 Å². The molecule has 0 spiro atoms. The van der Waals surface area contributed by atoms with E-state index < -0.39 is 0 Å². The largest absolute Gasteiger partial charge is 0.492 e. The zero-order valence-electron chi connectivity index (χ0n) is 17.9. The van der Waals surface area contributed by atoms with E-state index in [1.165, 1.54) is 32.4 Å². The monoisotopic (exact) mass is 423 g/mol. The van der Waals surface area contributed by atoms with Gasteiger partial charge in [-0.25, -0.2) is 4.98 Å². The quantitative estimate of drug-likeness (QED) is 0.394. The maximum absolute atomic E-state index is 5.99. The molecule has 6 nitrogen and oxygen atoms in total. The van der Waals surface area contributed by atoms with Crippen LogP contribution in [0.1, 0.15) is 19.3 Å². The zero-order valence-corrected chi connectivity index (χ0v) is 17.9. The molecule has 2 aromatic carbocycles. The number of benzene rings is 2. The standard InChI is InChI=1S/C26H25N5O/c1-2-14-31(15-3-1)16-17-32-19-10-8-18(9-11-19)26-29-24-20-6-4-12-27-22(20)23-21(25(24)30-26)7-5-13-28-23/h4-13H,1-3,14-17H2,(H,29,30). The summed E-state index contributed by atoms with van der Waals surface area (Å²) in [7, 11) is 0. The molecule has 0 radical (unpaired) electrons. The Morgan fingerprint density at radius 2 is 1.53 bits per heavy atom. The van der Waals surface area contributed by atoms with Crippen LogP contribution in [0.5, 0.6) is 5.75 Å². The number of rotatable bonds is 5. The summed E-state index contributed by atoms with van der Waals surface area (Å²) in [5, 5.41) is 2.04. The van der Waals surface area contributed by atoms with E-state index in [1.807, 2.05) is 30.5 Å². The Labute approximate surface area is 186 Å². The van der Waals surface area contributed by atoms with Crippen molar-refractivity contribution < 1.29 is 4.74 Å². The first kappa shape index (κ1) is 19.2. The molecule has 32 heavy (non-hydrogen) atoms. The highest BCUT2D eigenvalue weighted by atomic mass is 16.5. The van der Waals surface area contributed by atoms with E-state index in [9.17, 15) is 0 Å². The first-order valence-electron chi connectivity index (χ1n) is 11.3. The third-order valence-electron chi connectivity index (χ3n) is 6.32. The van der Waals surface area contributed by atoms with Gasteiger partial charge in [0.15, 0.2) is 0 Å². The molecule has 4 heterocycles. The summed E-state index contributed by atoms with van der Waals surface area (Å²) in [5.74, 6) is 1.73. The Morgan fingerprint density at radius 1 is 0.812 bits per heavy atom. The van der Waals surface area contributed by atoms with Gasteiger partial charge in [-0.3, -0.25) is 14.9 Å². The van der Waals surface area contributed by atoms with E-state index in [0.717, 1.165) is 63.1 Å². The second-order valence-electron chi connectivity index (χ2n) is 8.38. The molecule has 0 aliphatic carbocycles. The number of likely N-dealkylation sites (tertiary alicyclic amines) is 1. The second kappa shape index (κ2) is 8.20. The number of nitrogens with zero attached hydrogens (tertiary/aromatic N) is 4.